The molecular formula is C15H20ClFN4O2S. The van der Waals surface area contributed by atoms with E-state index in [0.717, 1.165) is 11.6 Å². The van der Waals surface area contributed by atoms with Crippen molar-refractivity contribution in [1.29, 1.82) is 0 Å². The maximum Gasteiger partial charge on any atom is 0.243 e. The SMILES string of the molecule is Cc1cnn(-c2ccc(S(=O)(=O)N3CCNCC3C)cc2F)c1.Cl. The number of piperazine rings is 1. The lowest BCUT2D eigenvalue weighted by Gasteiger charge is -2.32. The summed E-state index contributed by atoms with van der Waals surface area (Å²) in [6.07, 6.45) is 3.30. The first-order chi connectivity index (χ1) is 10.9. The highest BCUT2D eigenvalue weighted by molar-refractivity contribution is 7.89. The van der Waals surface area contributed by atoms with Gasteiger partial charge < -0.3 is 5.32 Å². The van der Waals surface area contributed by atoms with Gasteiger partial charge in [-0.2, -0.15) is 9.40 Å². The second-order valence-electron chi connectivity index (χ2n) is 5.74. The van der Waals surface area contributed by atoms with Gasteiger partial charge in [-0.25, -0.2) is 17.5 Å². The Bertz CT molecular complexity index is 825. The number of rotatable bonds is 3. The summed E-state index contributed by atoms with van der Waals surface area (Å²) < 4.78 is 42.6. The summed E-state index contributed by atoms with van der Waals surface area (Å²) in [5.74, 6) is -0.614. The van der Waals surface area contributed by atoms with Gasteiger partial charge in [0.2, 0.25) is 10.0 Å². The molecular weight excluding hydrogens is 355 g/mol. The summed E-state index contributed by atoms with van der Waals surface area (Å²) >= 11 is 0. The summed E-state index contributed by atoms with van der Waals surface area (Å²) in [4.78, 5) is -0.0311. The first kappa shape index (κ1) is 18.9. The van der Waals surface area contributed by atoms with Gasteiger partial charge in [-0.3, -0.25) is 0 Å². The molecule has 2 heterocycles. The summed E-state index contributed by atoms with van der Waals surface area (Å²) in [5.41, 5.74) is 1.13. The summed E-state index contributed by atoms with van der Waals surface area (Å²) in [5, 5.41) is 7.19. The smallest absolute Gasteiger partial charge is 0.243 e. The second kappa shape index (κ2) is 7.18. The first-order valence-electron chi connectivity index (χ1n) is 7.43. The van der Waals surface area contributed by atoms with Crippen molar-refractivity contribution >= 4 is 22.4 Å². The lowest BCUT2D eigenvalue weighted by molar-refractivity contribution is 0.284. The van der Waals surface area contributed by atoms with Gasteiger partial charge in [0.1, 0.15) is 11.5 Å². The molecule has 1 aliphatic heterocycles. The molecule has 6 nitrogen and oxygen atoms in total. The van der Waals surface area contributed by atoms with Crippen LogP contribution in [0.5, 0.6) is 0 Å². The molecule has 0 amide bonds. The Morgan fingerprint density at radius 1 is 1.38 bits per heavy atom. The van der Waals surface area contributed by atoms with Crippen LogP contribution in [0.4, 0.5) is 4.39 Å². The van der Waals surface area contributed by atoms with E-state index < -0.39 is 15.8 Å². The van der Waals surface area contributed by atoms with E-state index in [9.17, 15) is 12.8 Å². The predicted octanol–water partition coefficient (Wildman–Crippen LogP) is 1.72. The maximum absolute atomic E-state index is 14.4. The average molecular weight is 375 g/mol. The van der Waals surface area contributed by atoms with Crippen molar-refractivity contribution in [1.82, 2.24) is 19.4 Å². The minimum Gasteiger partial charge on any atom is -0.314 e. The second-order valence-corrected chi connectivity index (χ2v) is 7.63. The molecule has 1 atom stereocenters. The number of aromatic nitrogens is 2. The third-order valence-electron chi connectivity index (χ3n) is 3.92. The van der Waals surface area contributed by atoms with Crippen LogP contribution in [0.1, 0.15) is 12.5 Å². The van der Waals surface area contributed by atoms with Crippen molar-refractivity contribution in [2.24, 2.45) is 0 Å². The van der Waals surface area contributed by atoms with E-state index in [1.54, 1.807) is 12.4 Å². The molecule has 132 valence electrons. The van der Waals surface area contributed by atoms with E-state index in [4.69, 9.17) is 0 Å². The Morgan fingerprint density at radius 3 is 2.71 bits per heavy atom. The molecule has 1 aliphatic rings. The van der Waals surface area contributed by atoms with Crippen LogP contribution < -0.4 is 5.32 Å². The molecule has 0 spiro atoms. The molecule has 0 saturated carbocycles. The van der Waals surface area contributed by atoms with Crippen molar-refractivity contribution in [3.8, 4) is 5.69 Å². The fourth-order valence-electron chi connectivity index (χ4n) is 2.69. The van der Waals surface area contributed by atoms with E-state index in [1.807, 2.05) is 13.8 Å². The predicted molar refractivity (Wildman–Crippen MR) is 91.7 cm³/mol. The van der Waals surface area contributed by atoms with E-state index in [2.05, 4.69) is 10.4 Å². The lowest BCUT2D eigenvalue weighted by atomic mass is 10.3. The number of nitrogens with zero attached hydrogens (tertiary/aromatic N) is 3. The number of nitrogens with one attached hydrogen (secondary N) is 1. The van der Waals surface area contributed by atoms with Crippen LogP contribution in [0, 0.1) is 12.7 Å². The zero-order valence-corrected chi connectivity index (χ0v) is 15.1. The zero-order valence-electron chi connectivity index (χ0n) is 13.4. The van der Waals surface area contributed by atoms with Crippen molar-refractivity contribution < 1.29 is 12.8 Å². The van der Waals surface area contributed by atoms with Gasteiger partial charge in [0.25, 0.3) is 0 Å². The number of benzene rings is 1. The zero-order chi connectivity index (χ0) is 16.6. The largest absolute Gasteiger partial charge is 0.314 e. The van der Waals surface area contributed by atoms with Crippen LogP contribution in [0.15, 0.2) is 35.5 Å². The summed E-state index contributed by atoms with van der Waals surface area (Å²) in [6.45, 7) is 5.25. The normalized spacial score (nSPS) is 19.0. The molecule has 1 N–H and O–H groups in total. The van der Waals surface area contributed by atoms with Gasteiger partial charge in [-0.15, -0.1) is 12.4 Å². The van der Waals surface area contributed by atoms with E-state index in [-0.39, 0.29) is 29.0 Å². The molecule has 24 heavy (non-hydrogen) atoms. The fourth-order valence-corrected chi connectivity index (χ4v) is 4.34. The highest BCUT2D eigenvalue weighted by Crippen LogP contribution is 2.23. The van der Waals surface area contributed by atoms with Crippen molar-refractivity contribution in [3.63, 3.8) is 0 Å². The highest BCUT2D eigenvalue weighted by Gasteiger charge is 2.31. The quantitative estimate of drug-likeness (QED) is 0.888. The number of hydrogen-bond donors (Lipinski definition) is 1. The topological polar surface area (TPSA) is 67.2 Å². The lowest BCUT2D eigenvalue weighted by Crippen LogP contribution is -2.52. The van der Waals surface area contributed by atoms with E-state index in [0.29, 0.717) is 19.6 Å². The molecule has 2 aromatic rings. The first-order valence-corrected chi connectivity index (χ1v) is 8.87. The molecule has 1 fully saturated rings. The summed E-state index contributed by atoms with van der Waals surface area (Å²) in [7, 11) is -3.70. The van der Waals surface area contributed by atoms with Crippen molar-refractivity contribution in [2.75, 3.05) is 19.6 Å². The molecule has 0 radical (unpaired) electrons. The number of hydrogen-bond acceptors (Lipinski definition) is 4. The standard InChI is InChI=1S/C15H19FN4O2S.ClH/c1-11-8-18-19(10-11)15-4-3-13(7-14(15)16)23(21,22)20-6-5-17-9-12(20)2;/h3-4,7-8,10,12,17H,5-6,9H2,1-2H3;1H. The molecule has 1 aromatic carbocycles. The van der Waals surface area contributed by atoms with Crippen LogP contribution in [0.25, 0.3) is 5.69 Å². The van der Waals surface area contributed by atoms with Gasteiger partial charge in [-0.05, 0) is 37.6 Å². The highest BCUT2D eigenvalue weighted by atomic mass is 35.5. The monoisotopic (exact) mass is 374 g/mol. The maximum atomic E-state index is 14.4. The Kier molecular flexibility index (Phi) is 5.64. The molecule has 9 heteroatoms. The Balaban J connectivity index is 0.00000208. The van der Waals surface area contributed by atoms with Gasteiger partial charge >= 0.3 is 0 Å². The molecule has 3 rings (SSSR count). The van der Waals surface area contributed by atoms with Crippen molar-refractivity contribution in [2.45, 2.75) is 24.8 Å². The minimum atomic E-state index is -3.70. The number of sulfonamides is 1. The van der Waals surface area contributed by atoms with Crippen LogP contribution >= 0.6 is 12.4 Å². The van der Waals surface area contributed by atoms with E-state index >= 15 is 0 Å². The Labute approximate surface area is 147 Å². The average Bonchev–Trinajstić information content (AvgIpc) is 2.93. The Morgan fingerprint density at radius 2 is 2.12 bits per heavy atom. The molecule has 1 aromatic heterocycles. The van der Waals surface area contributed by atoms with Gasteiger partial charge in [0, 0.05) is 31.9 Å². The van der Waals surface area contributed by atoms with Crippen LogP contribution in [0.2, 0.25) is 0 Å². The Hall–Kier alpha value is -1.48. The van der Waals surface area contributed by atoms with Gasteiger partial charge in [0.05, 0.1) is 11.1 Å². The van der Waals surface area contributed by atoms with Gasteiger partial charge in [-0.1, -0.05) is 0 Å². The number of aryl methyl sites for hydroxylation is 1. The third-order valence-corrected chi connectivity index (χ3v) is 5.93. The minimum absolute atomic E-state index is 0. The number of halogens is 2. The molecule has 1 saturated heterocycles. The van der Waals surface area contributed by atoms with Crippen LogP contribution in [0.3, 0.4) is 0 Å². The third kappa shape index (κ3) is 3.46. The molecule has 0 bridgehead atoms. The van der Waals surface area contributed by atoms with Crippen LogP contribution in [-0.4, -0.2) is 48.2 Å². The van der Waals surface area contributed by atoms with E-state index in [1.165, 1.54) is 21.1 Å². The molecule has 0 aliphatic carbocycles. The molecule has 1 unspecified atom stereocenters. The fraction of sp³-hybridized carbons (Fsp3) is 0.400. The van der Waals surface area contributed by atoms with Gasteiger partial charge in [0.15, 0.2) is 0 Å². The van der Waals surface area contributed by atoms with Crippen LogP contribution in [-0.2, 0) is 10.0 Å². The summed E-state index contributed by atoms with van der Waals surface area (Å²) in [6, 6.07) is 3.78. The van der Waals surface area contributed by atoms with Crippen molar-refractivity contribution in [3.05, 3.63) is 42.0 Å².